The van der Waals surface area contributed by atoms with Crippen molar-refractivity contribution in [2.45, 2.75) is 6.54 Å². The molecule has 0 saturated heterocycles. The molecular weight excluding hydrogens is 295 g/mol. The Kier molecular flexibility index (Phi) is 2.60. The zero-order chi connectivity index (χ0) is 10.1. The van der Waals surface area contributed by atoms with Crippen LogP contribution < -0.4 is 9.29 Å². The summed E-state index contributed by atoms with van der Waals surface area (Å²) in [5.74, 6) is -0.320. The first-order valence-corrected chi connectivity index (χ1v) is 5.22. The number of oxazole rings is 1. The third kappa shape index (κ3) is 1.57. The molecule has 2 aromatic rings. The number of fused-ring (bicyclic) bond motifs is 1. The maximum atomic E-state index is 11.2. The maximum absolute atomic E-state index is 11.2. The minimum absolute atomic E-state index is 0.320. The van der Waals surface area contributed by atoms with Crippen molar-refractivity contribution in [3.63, 3.8) is 0 Å². The summed E-state index contributed by atoms with van der Waals surface area (Å²) >= 11 is 2.08. The molecule has 2 rings (SSSR count). The second kappa shape index (κ2) is 3.74. The average molecular weight is 304 g/mol. The lowest BCUT2D eigenvalue weighted by atomic mass is 10.2. The summed E-state index contributed by atoms with van der Waals surface area (Å²) in [6, 6.07) is 5.74. The Morgan fingerprint density at radius 1 is 1.57 bits per heavy atom. The van der Waals surface area contributed by atoms with E-state index >= 15 is 0 Å². The number of rotatable bonds is 2. The van der Waals surface area contributed by atoms with E-state index in [1.54, 1.807) is 7.05 Å². The largest absolute Gasteiger partial charge is 0.419 e. The van der Waals surface area contributed by atoms with Gasteiger partial charge in [-0.3, -0.25) is 8.10 Å². The third-order valence-corrected chi connectivity index (χ3v) is 2.51. The van der Waals surface area contributed by atoms with Gasteiger partial charge < -0.3 is 4.42 Å². The van der Waals surface area contributed by atoms with Crippen molar-refractivity contribution >= 4 is 34.0 Å². The van der Waals surface area contributed by atoms with E-state index in [0.717, 1.165) is 17.6 Å². The average Bonchev–Trinajstić information content (AvgIpc) is 2.43. The molecule has 0 aliphatic carbocycles. The maximum Gasteiger partial charge on any atom is 0.419 e. The monoisotopic (exact) mass is 304 g/mol. The van der Waals surface area contributed by atoms with Crippen LogP contribution in [-0.2, 0) is 13.6 Å². The summed E-state index contributed by atoms with van der Waals surface area (Å²) in [5, 5.41) is 0. The number of hydrogen-bond donors (Lipinski definition) is 1. The summed E-state index contributed by atoms with van der Waals surface area (Å²) in [7, 11) is 1.70. The molecule has 4 nitrogen and oxygen atoms in total. The highest BCUT2D eigenvalue weighted by Gasteiger charge is 2.05. The molecule has 0 unspecified atom stereocenters. The summed E-state index contributed by atoms with van der Waals surface area (Å²) in [4.78, 5) is 11.2. The highest BCUT2D eigenvalue weighted by Crippen LogP contribution is 2.14. The molecule has 0 fully saturated rings. The van der Waals surface area contributed by atoms with Crippen LogP contribution in [0.4, 0.5) is 0 Å². The normalized spacial score (nSPS) is 11.0. The molecule has 1 aromatic heterocycles. The van der Waals surface area contributed by atoms with Gasteiger partial charge in [0.15, 0.2) is 5.58 Å². The van der Waals surface area contributed by atoms with Gasteiger partial charge in [-0.1, -0.05) is 6.07 Å². The van der Waals surface area contributed by atoms with Crippen LogP contribution in [0.2, 0.25) is 0 Å². The molecule has 1 heterocycles. The van der Waals surface area contributed by atoms with Crippen molar-refractivity contribution in [1.82, 2.24) is 8.10 Å². The molecule has 0 spiro atoms. The zero-order valence-corrected chi connectivity index (χ0v) is 9.74. The van der Waals surface area contributed by atoms with Crippen LogP contribution in [0, 0.1) is 0 Å². The molecule has 0 radical (unpaired) electrons. The van der Waals surface area contributed by atoms with E-state index in [9.17, 15) is 4.79 Å². The Bertz CT molecular complexity index is 515. The van der Waals surface area contributed by atoms with Crippen LogP contribution in [0.1, 0.15) is 5.56 Å². The number of nitrogens with one attached hydrogen (secondary N) is 1. The molecule has 0 aliphatic rings. The minimum atomic E-state index is -0.320. The minimum Gasteiger partial charge on any atom is -0.408 e. The van der Waals surface area contributed by atoms with Gasteiger partial charge in [-0.25, -0.2) is 4.79 Å². The van der Waals surface area contributed by atoms with Crippen molar-refractivity contribution in [1.29, 1.82) is 0 Å². The van der Waals surface area contributed by atoms with Crippen LogP contribution in [0.15, 0.2) is 27.4 Å². The highest BCUT2D eigenvalue weighted by atomic mass is 127. The van der Waals surface area contributed by atoms with Crippen LogP contribution in [-0.4, -0.2) is 4.57 Å². The topological polar surface area (TPSA) is 47.2 Å². The molecular formula is C9H9IN2O2. The quantitative estimate of drug-likeness (QED) is 0.677. The predicted molar refractivity (Wildman–Crippen MR) is 62.3 cm³/mol. The van der Waals surface area contributed by atoms with Gasteiger partial charge in [0.2, 0.25) is 0 Å². The SMILES string of the molecule is Cn1c(=O)oc2cc(CNI)ccc21. The van der Waals surface area contributed by atoms with Gasteiger partial charge in [0.1, 0.15) is 0 Å². The standard InChI is InChI=1S/C9H9IN2O2/c1-12-7-3-2-6(5-11-10)4-8(7)14-9(12)13/h2-4,11H,5H2,1H3. The smallest absolute Gasteiger partial charge is 0.408 e. The molecule has 0 atom stereocenters. The fourth-order valence-corrected chi connectivity index (χ4v) is 1.81. The van der Waals surface area contributed by atoms with Gasteiger partial charge in [-0.05, 0) is 17.7 Å². The summed E-state index contributed by atoms with van der Waals surface area (Å²) in [5.41, 5.74) is 2.56. The van der Waals surface area contributed by atoms with Crippen LogP contribution >= 0.6 is 22.9 Å². The molecule has 74 valence electrons. The van der Waals surface area contributed by atoms with Gasteiger partial charge in [0.05, 0.1) is 5.52 Å². The Morgan fingerprint density at radius 2 is 2.36 bits per heavy atom. The van der Waals surface area contributed by atoms with E-state index in [2.05, 4.69) is 26.4 Å². The molecule has 1 N–H and O–H groups in total. The van der Waals surface area contributed by atoms with E-state index in [1.807, 2.05) is 18.2 Å². The second-order valence-electron chi connectivity index (χ2n) is 3.04. The van der Waals surface area contributed by atoms with Crippen molar-refractivity contribution in [2.75, 3.05) is 0 Å². The Labute approximate surface area is 94.4 Å². The molecule has 0 saturated carbocycles. The predicted octanol–water partition coefficient (Wildman–Crippen LogP) is 1.57. The summed E-state index contributed by atoms with van der Waals surface area (Å²) < 4.78 is 9.57. The number of nitrogens with zero attached hydrogens (tertiary/aromatic N) is 1. The number of hydrogen-bond acceptors (Lipinski definition) is 3. The van der Waals surface area contributed by atoms with Gasteiger partial charge in [0, 0.05) is 36.5 Å². The lowest BCUT2D eigenvalue weighted by molar-refractivity contribution is 0.528. The molecule has 0 amide bonds. The van der Waals surface area contributed by atoms with E-state index < -0.39 is 0 Å². The number of halogens is 1. The van der Waals surface area contributed by atoms with Crippen molar-refractivity contribution in [2.24, 2.45) is 7.05 Å². The zero-order valence-electron chi connectivity index (χ0n) is 7.58. The van der Waals surface area contributed by atoms with Gasteiger partial charge in [-0.2, -0.15) is 0 Å². The van der Waals surface area contributed by atoms with Crippen LogP contribution in [0.5, 0.6) is 0 Å². The number of aryl methyl sites for hydroxylation is 1. The van der Waals surface area contributed by atoms with Crippen LogP contribution in [0.25, 0.3) is 11.1 Å². The first-order chi connectivity index (χ1) is 6.72. The number of aromatic nitrogens is 1. The Balaban J connectivity index is 2.61. The van der Waals surface area contributed by atoms with Crippen molar-refractivity contribution < 1.29 is 4.42 Å². The fraction of sp³-hybridized carbons (Fsp3) is 0.222. The molecule has 5 heteroatoms. The number of benzene rings is 1. The third-order valence-electron chi connectivity index (χ3n) is 2.13. The molecule has 0 bridgehead atoms. The van der Waals surface area contributed by atoms with Gasteiger partial charge in [-0.15, -0.1) is 0 Å². The molecule has 0 aliphatic heterocycles. The van der Waals surface area contributed by atoms with Crippen LogP contribution in [0.3, 0.4) is 0 Å². The van der Waals surface area contributed by atoms with Gasteiger partial charge in [0.25, 0.3) is 0 Å². The first-order valence-electron chi connectivity index (χ1n) is 4.14. The second-order valence-corrected chi connectivity index (χ2v) is 3.80. The van der Waals surface area contributed by atoms with E-state index in [1.165, 1.54) is 4.57 Å². The summed E-state index contributed by atoms with van der Waals surface area (Å²) in [6.07, 6.45) is 0. The fourth-order valence-electron chi connectivity index (χ4n) is 1.37. The van der Waals surface area contributed by atoms with Crippen molar-refractivity contribution in [3.05, 3.63) is 34.3 Å². The van der Waals surface area contributed by atoms with Crippen molar-refractivity contribution in [3.8, 4) is 0 Å². The lowest BCUT2D eigenvalue weighted by Gasteiger charge is -1.97. The lowest BCUT2D eigenvalue weighted by Crippen LogP contribution is -2.08. The molecule has 14 heavy (non-hydrogen) atoms. The Hall–Kier alpha value is -0.820. The Morgan fingerprint density at radius 3 is 3.07 bits per heavy atom. The highest BCUT2D eigenvalue weighted by molar-refractivity contribution is 14.1. The van der Waals surface area contributed by atoms with E-state index in [0.29, 0.717) is 5.58 Å². The van der Waals surface area contributed by atoms with Gasteiger partial charge >= 0.3 is 5.76 Å². The first kappa shape index (κ1) is 9.72. The summed E-state index contributed by atoms with van der Waals surface area (Å²) in [6.45, 7) is 0.759. The van der Waals surface area contributed by atoms with E-state index in [4.69, 9.17) is 4.42 Å². The molecule has 1 aromatic carbocycles. The van der Waals surface area contributed by atoms with E-state index in [-0.39, 0.29) is 5.76 Å².